The number of piperidine rings is 1. The number of alkyl halides is 3. The summed E-state index contributed by atoms with van der Waals surface area (Å²) >= 11 is 1.34. The van der Waals surface area contributed by atoms with Gasteiger partial charge < -0.3 is 23.7 Å². The van der Waals surface area contributed by atoms with Gasteiger partial charge in [-0.1, -0.05) is 20.8 Å². The minimum atomic E-state index is -4.63. The highest BCUT2D eigenvalue weighted by Crippen LogP contribution is 2.34. The molecule has 1 atom stereocenters. The summed E-state index contributed by atoms with van der Waals surface area (Å²) in [5, 5.41) is 0. The number of hydrogen-bond donors (Lipinski definition) is 0. The minimum absolute atomic E-state index is 0.00865. The summed E-state index contributed by atoms with van der Waals surface area (Å²) in [6.07, 6.45) is 0.0646. The molecule has 0 spiro atoms. The van der Waals surface area contributed by atoms with Gasteiger partial charge in [0, 0.05) is 30.8 Å². The number of amides is 2. The number of aromatic nitrogens is 1. The van der Waals surface area contributed by atoms with Gasteiger partial charge >= 0.3 is 12.3 Å². The first kappa shape index (κ1) is 33.0. The quantitative estimate of drug-likeness (QED) is 0.352. The molecule has 0 saturated carbocycles. The van der Waals surface area contributed by atoms with Gasteiger partial charge in [-0.05, 0) is 76.0 Å². The lowest BCUT2D eigenvalue weighted by atomic mass is 9.95. The number of ether oxygens (including phenoxy) is 3. The lowest BCUT2D eigenvalue weighted by Gasteiger charge is -2.33. The lowest BCUT2D eigenvalue weighted by molar-refractivity contribution is -0.137. The summed E-state index contributed by atoms with van der Waals surface area (Å²) in [7, 11) is 0. The summed E-state index contributed by atoms with van der Waals surface area (Å²) in [5.41, 5.74) is -1.98. The van der Waals surface area contributed by atoms with Gasteiger partial charge in [0.25, 0.3) is 5.91 Å². The maximum atomic E-state index is 13.7. The monoisotopic (exact) mass is 625 g/mol. The van der Waals surface area contributed by atoms with Gasteiger partial charge in [0.2, 0.25) is 0 Å². The van der Waals surface area contributed by atoms with Crippen LogP contribution in [0.25, 0.3) is 0 Å². The molecule has 8 nitrogen and oxygen atoms in total. The molecule has 2 aliphatic heterocycles. The van der Waals surface area contributed by atoms with Crippen LogP contribution in [0.2, 0.25) is 0 Å². The van der Waals surface area contributed by atoms with E-state index in [0.29, 0.717) is 43.9 Å². The van der Waals surface area contributed by atoms with Crippen LogP contribution in [0.5, 0.6) is 5.75 Å². The van der Waals surface area contributed by atoms with E-state index < -0.39 is 23.2 Å². The standard InChI is InChI=1S/C31H42F3N3O5S/c1-29(2,3)25-18-37(17-22-8-7-15-40-22)27(43-25)35-26(38)23-16-21(31(32,33)34)9-10-24(23)41-19-20-11-13-36(14-12-20)28(39)42-30(4,5)6/h9-10,16,18,20,22H,7-8,11-15,17,19H2,1-6H3/b35-27-/t22-/m1/s1. The molecule has 3 heterocycles. The summed E-state index contributed by atoms with van der Waals surface area (Å²) in [5.74, 6) is -0.695. The third-order valence-corrected chi connectivity index (χ3v) is 8.80. The average molecular weight is 626 g/mol. The van der Waals surface area contributed by atoms with Crippen LogP contribution in [-0.2, 0) is 27.6 Å². The van der Waals surface area contributed by atoms with E-state index in [0.717, 1.165) is 29.9 Å². The van der Waals surface area contributed by atoms with E-state index in [1.807, 2.05) is 31.5 Å². The molecule has 238 valence electrons. The molecule has 2 aromatic rings. The molecule has 1 aromatic heterocycles. The molecule has 1 aromatic carbocycles. The number of hydrogen-bond acceptors (Lipinski definition) is 6. The van der Waals surface area contributed by atoms with E-state index in [4.69, 9.17) is 14.2 Å². The molecule has 43 heavy (non-hydrogen) atoms. The van der Waals surface area contributed by atoms with Crippen LogP contribution < -0.4 is 9.54 Å². The first-order valence-electron chi connectivity index (χ1n) is 14.7. The van der Waals surface area contributed by atoms with Gasteiger partial charge in [0.1, 0.15) is 11.4 Å². The molecule has 2 aliphatic rings. The van der Waals surface area contributed by atoms with Gasteiger partial charge in [-0.15, -0.1) is 11.3 Å². The number of rotatable bonds is 6. The van der Waals surface area contributed by atoms with Crippen molar-refractivity contribution in [3.05, 3.63) is 45.2 Å². The Balaban J connectivity index is 1.55. The highest BCUT2D eigenvalue weighted by molar-refractivity contribution is 7.09. The van der Waals surface area contributed by atoms with Crippen molar-refractivity contribution in [2.75, 3.05) is 26.3 Å². The number of nitrogens with zero attached hydrogens (tertiary/aromatic N) is 3. The van der Waals surface area contributed by atoms with Crippen LogP contribution in [-0.4, -0.2) is 59.5 Å². The molecule has 12 heteroatoms. The van der Waals surface area contributed by atoms with Crippen LogP contribution in [0, 0.1) is 5.92 Å². The third-order valence-electron chi connectivity index (χ3n) is 7.36. The Kier molecular flexibility index (Phi) is 10.0. The number of likely N-dealkylation sites (tertiary alicyclic amines) is 1. The molecular weight excluding hydrogens is 583 g/mol. The molecule has 2 fully saturated rings. The summed E-state index contributed by atoms with van der Waals surface area (Å²) < 4.78 is 60.0. The number of thiazole rings is 1. The predicted molar refractivity (Wildman–Crippen MR) is 157 cm³/mol. The normalized spacial score (nSPS) is 19.1. The molecule has 0 unspecified atom stereocenters. The number of benzene rings is 1. The molecule has 2 saturated heterocycles. The molecular formula is C31H42F3N3O5S. The van der Waals surface area contributed by atoms with Crippen molar-refractivity contribution in [2.24, 2.45) is 10.9 Å². The van der Waals surface area contributed by atoms with Crippen molar-refractivity contribution >= 4 is 23.3 Å². The third kappa shape index (κ3) is 9.07. The first-order valence-corrected chi connectivity index (χ1v) is 15.5. The second kappa shape index (κ2) is 13.0. The van der Waals surface area contributed by atoms with E-state index in [2.05, 4.69) is 25.8 Å². The fraction of sp³-hybridized carbons (Fsp3) is 0.645. The van der Waals surface area contributed by atoms with Crippen molar-refractivity contribution in [1.82, 2.24) is 9.47 Å². The Labute approximate surface area is 254 Å². The smallest absolute Gasteiger partial charge is 0.416 e. The zero-order chi connectivity index (χ0) is 31.6. The van der Waals surface area contributed by atoms with E-state index in [1.54, 1.807) is 4.90 Å². The fourth-order valence-corrected chi connectivity index (χ4v) is 5.97. The zero-order valence-electron chi connectivity index (χ0n) is 25.8. The Bertz CT molecular complexity index is 1360. The van der Waals surface area contributed by atoms with Gasteiger partial charge in [0.05, 0.1) is 30.4 Å². The van der Waals surface area contributed by atoms with Crippen molar-refractivity contribution < 1.29 is 37.0 Å². The van der Waals surface area contributed by atoms with E-state index in [9.17, 15) is 22.8 Å². The van der Waals surface area contributed by atoms with Crippen molar-refractivity contribution in [3.8, 4) is 5.75 Å². The van der Waals surface area contributed by atoms with Crippen LogP contribution in [0.1, 0.15) is 88.0 Å². The number of carbonyl (C=O) groups is 2. The van der Waals surface area contributed by atoms with Gasteiger partial charge in [-0.25, -0.2) is 4.79 Å². The van der Waals surface area contributed by atoms with Gasteiger partial charge in [-0.2, -0.15) is 18.2 Å². The van der Waals surface area contributed by atoms with E-state index in [1.165, 1.54) is 17.4 Å². The summed E-state index contributed by atoms with van der Waals surface area (Å²) in [6, 6.07) is 2.92. The van der Waals surface area contributed by atoms with Crippen LogP contribution >= 0.6 is 11.3 Å². The maximum Gasteiger partial charge on any atom is 0.416 e. The highest BCUT2D eigenvalue weighted by Gasteiger charge is 2.33. The molecule has 2 amide bonds. The van der Waals surface area contributed by atoms with Crippen LogP contribution in [0.4, 0.5) is 18.0 Å². The minimum Gasteiger partial charge on any atom is -0.492 e. The van der Waals surface area contributed by atoms with Crippen molar-refractivity contribution in [3.63, 3.8) is 0 Å². The summed E-state index contributed by atoms with van der Waals surface area (Å²) in [4.78, 5) is 33.3. The Morgan fingerprint density at radius 2 is 1.77 bits per heavy atom. The SMILES string of the molecule is CC(C)(C)OC(=O)N1CCC(COc2ccc(C(F)(F)F)cc2C(=O)/N=c2\sc(C(C)(C)C)cn2C[C@H]2CCCO2)CC1. The van der Waals surface area contributed by atoms with Crippen LogP contribution in [0.15, 0.2) is 29.4 Å². The second-order valence-electron chi connectivity index (χ2n) is 13.3. The zero-order valence-corrected chi connectivity index (χ0v) is 26.6. The van der Waals surface area contributed by atoms with E-state index in [-0.39, 0.29) is 41.4 Å². The average Bonchev–Trinajstić information content (AvgIpc) is 3.56. The Hall–Kier alpha value is -2.86. The maximum absolute atomic E-state index is 13.7. The Morgan fingerprint density at radius 3 is 2.35 bits per heavy atom. The molecule has 4 rings (SSSR count). The van der Waals surface area contributed by atoms with E-state index >= 15 is 0 Å². The van der Waals surface area contributed by atoms with Crippen LogP contribution in [0.3, 0.4) is 0 Å². The summed E-state index contributed by atoms with van der Waals surface area (Å²) in [6.45, 7) is 13.9. The highest BCUT2D eigenvalue weighted by atomic mass is 32.1. The number of halogens is 3. The lowest BCUT2D eigenvalue weighted by Crippen LogP contribution is -2.42. The predicted octanol–water partition coefficient (Wildman–Crippen LogP) is 6.81. The fourth-order valence-electron chi connectivity index (χ4n) is 4.92. The first-order chi connectivity index (χ1) is 20.0. The second-order valence-corrected chi connectivity index (χ2v) is 14.3. The molecule has 0 aliphatic carbocycles. The van der Waals surface area contributed by atoms with Crippen molar-refractivity contribution in [1.29, 1.82) is 0 Å². The van der Waals surface area contributed by atoms with Crippen molar-refractivity contribution in [2.45, 2.75) is 97.1 Å². The molecule has 0 N–H and O–H groups in total. The molecule has 0 radical (unpaired) electrons. The Morgan fingerprint density at radius 1 is 1.07 bits per heavy atom. The van der Waals surface area contributed by atoms with Gasteiger partial charge in [0.15, 0.2) is 4.80 Å². The topological polar surface area (TPSA) is 82.4 Å². The molecule has 0 bridgehead atoms. The van der Waals surface area contributed by atoms with Gasteiger partial charge in [-0.3, -0.25) is 4.79 Å². The number of carbonyl (C=O) groups excluding carboxylic acids is 2. The largest absolute Gasteiger partial charge is 0.492 e.